The molecule has 0 spiro atoms. The molecule has 6 heteroatoms. The summed E-state index contributed by atoms with van der Waals surface area (Å²) in [6, 6.07) is 7.80. The van der Waals surface area contributed by atoms with Gasteiger partial charge in [0, 0.05) is 24.2 Å². The van der Waals surface area contributed by atoms with E-state index in [9.17, 15) is 4.79 Å². The maximum absolute atomic E-state index is 12.4. The first-order chi connectivity index (χ1) is 10.6. The molecule has 22 heavy (non-hydrogen) atoms. The van der Waals surface area contributed by atoms with Crippen molar-refractivity contribution in [2.45, 2.75) is 38.8 Å². The second-order valence-electron chi connectivity index (χ2n) is 5.91. The first-order valence-electron chi connectivity index (χ1n) is 7.62. The molecule has 0 aromatic carbocycles. The summed E-state index contributed by atoms with van der Waals surface area (Å²) in [4.78, 5) is 16.7. The molecule has 0 radical (unpaired) electrons. The minimum absolute atomic E-state index is 0.00788. The van der Waals surface area contributed by atoms with Gasteiger partial charge in [-0.3, -0.25) is 9.78 Å². The summed E-state index contributed by atoms with van der Waals surface area (Å²) < 4.78 is 1.78. The van der Waals surface area contributed by atoms with Gasteiger partial charge in [-0.25, -0.2) is 4.68 Å². The van der Waals surface area contributed by atoms with Crippen LogP contribution >= 0.6 is 0 Å². The molecule has 1 fully saturated rings. The van der Waals surface area contributed by atoms with Gasteiger partial charge >= 0.3 is 0 Å². The molecule has 2 unspecified atom stereocenters. The summed E-state index contributed by atoms with van der Waals surface area (Å²) in [7, 11) is 0. The highest BCUT2D eigenvalue weighted by Crippen LogP contribution is 2.25. The molecule has 0 aliphatic heterocycles. The molecule has 3 rings (SSSR count). The number of carbonyl (C=O) groups excluding carboxylic acids is 1. The number of hydrogen-bond donors (Lipinski definition) is 2. The largest absolute Gasteiger partial charge is 0.328 e. The number of nitrogens with two attached hydrogens (primary N) is 1. The van der Waals surface area contributed by atoms with Crippen LogP contribution in [0.4, 0.5) is 5.82 Å². The first kappa shape index (κ1) is 14.7. The summed E-state index contributed by atoms with van der Waals surface area (Å²) in [6.07, 6.45) is 4.30. The summed E-state index contributed by atoms with van der Waals surface area (Å²) in [6.45, 7) is 2.45. The third-order valence-electron chi connectivity index (χ3n) is 4.04. The van der Waals surface area contributed by atoms with Crippen molar-refractivity contribution in [1.82, 2.24) is 14.8 Å². The minimum atomic E-state index is 0.00788. The lowest BCUT2D eigenvalue weighted by Crippen LogP contribution is -2.24. The first-order valence-corrected chi connectivity index (χ1v) is 7.62. The maximum Gasteiger partial charge on any atom is 0.228 e. The highest BCUT2D eigenvalue weighted by atomic mass is 16.2. The third kappa shape index (κ3) is 3.33. The van der Waals surface area contributed by atoms with Gasteiger partial charge in [-0.05, 0) is 38.3 Å². The van der Waals surface area contributed by atoms with Crippen LogP contribution in [0.5, 0.6) is 0 Å². The van der Waals surface area contributed by atoms with E-state index >= 15 is 0 Å². The van der Waals surface area contributed by atoms with E-state index in [2.05, 4.69) is 15.4 Å². The number of anilines is 1. The van der Waals surface area contributed by atoms with Gasteiger partial charge in [0.05, 0.1) is 17.9 Å². The number of pyridine rings is 1. The van der Waals surface area contributed by atoms with Crippen LogP contribution in [0, 0.1) is 12.8 Å². The van der Waals surface area contributed by atoms with Crippen molar-refractivity contribution in [3.05, 3.63) is 41.9 Å². The van der Waals surface area contributed by atoms with Gasteiger partial charge in [-0.1, -0.05) is 6.07 Å². The lowest BCUT2D eigenvalue weighted by molar-refractivity contribution is -0.119. The summed E-state index contributed by atoms with van der Waals surface area (Å²) in [5.41, 5.74) is 7.66. The van der Waals surface area contributed by atoms with Crippen LogP contribution in [0.25, 0.3) is 0 Å². The zero-order valence-corrected chi connectivity index (χ0v) is 12.7. The van der Waals surface area contributed by atoms with Gasteiger partial charge in [-0.2, -0.15) is 5.10 Å². The highest BCUT2D eigenvalue weighted by Gasteiger charge is 2.28. The van der Waals surface area contributed by atoms with Gasteiger partial charge in [-0.15, -0.1) is 0 Å². The number of nitrogens with zero attached hydrogens (tertiary/aromatic N) is 3. The van der Waals surface area contributed by atoms with E-state index in [1.165, 1.54) is 0 Å². The predicted molar refractivity (Wildman–Crippen MR) is 84.2 cm³/mol. The molecule has 2 heterocycles. The van der Waals surface area contributed by atoms with Crippen LogP contribution in [0.2, 0.25) is 0 Å². The second-order valence-corrected chi connectivity index (χ2v) is 5.91. The Kier molecular flexibility index (Phi) is 4.20. The standard InChI is InChI=1S/C16H21N5O/c1-11-8-15(19-16(22)12-5-6-13(17)9-12)21(20-11)10-14-4-2-3-7-18-14/h2-4,7-8,12-13H,5-6,9-10,17H2,1H3,(H,19,22). The zero-order chi connectivity index (χ0) is 15.5. The summed E-state index contributed by atoms with van der Waals surface area (Å²) in [5.74, 6) is 0.761. The van der Waals surface area contributed by atoms with Gasteiger partial charge < -0.3 is 11.1 Å². The Morgan fingerprint density at radius 2 is 2.32 bits per heavy atom. The third-order valence-corrected chi connectivity index (χ3v) is 4.04. The Labute approximate surface area is 129 Å². The normalized spacial score (nSPS) is 21.0. The maximum atomic E-state index is 12.4. The van der Waals surface area contributed by atoms with Crippen molar-refractivity contribution in [3.63, 3.8) is 0 Å². The van der Waals surface area contributed by atoms with E-state index in [0.717, 1.165) is 30.7 Å². The molecule has 3 N–H and O–H groups in total. The van der Waals surface area contributed by atoms with Crippen molar-refractivity contribution >= 4 is 11.7 Å². The fraction of sp³-hybridized carbons (Fsp3) is 0.438. The van der Waals surface area contributed by atoms with Gasteiger partial charge in [0.1, 0.15) is 5.82 Å². The van der Waals surface area contributed by atoms with Crippen molar-refractivity contribution in [2.24, 2.45) is 11.7 Å². The van der Waals surface area contributed by atoms with E-state index < -0.39 is 0 Å². The van der Waals surface area contributed by atoms with E-state index in [-0.39, 0.29) is 17.9 Å². The van der Waals surface area contributed by atoms with Crippen molar-refractivity contribution in [1.29, 1.82) is 0 Å². The van der Waals surface area contributed by atoms with E-state index in [4.69, 9.17) is 5.73 Å². The molecular formula is C16H21N5O. The van der Waals surface area contributed by atoms with Gasteiger partial charge in [0.15, 0.2) is 0 Å². The smallest absolute Gasteiger partial charge is 0.228 e. The molecule has 116 valence electrons. The Morgan fingerprint density at radius 1 is 1.45 bits per heavy atom. The monoisotopic (exact) mass is 299 g/mol. The minimum Gasteiger partial charge on any atom is -0.328 e. The van der Waals surface area contributed by atoms with Gasteiger partial charge in [0.25, 0.3) is 0 Å². The molecule has 2 atom stereocenters. The number of hydrogen-bond acceptors (Lipinski definition) is 4. The zero-order valence-electron chi connectivity index (χ0n) is 12.7. The van der Waals surface area contributed by atoms with Crippen LogP contribution in [0.1, 0.15) is 30.7 Å². The predicted octanol–water partition coefficient (Wildman–Crippen LogP) is 1.70. The molecule has 6 nitrogen and oxygen atoms in total. The molecule has 1 amide bonds. The van der Waals surface area contributed by atoms with Crippen LogP contribution in [-0.4, -0.2) is 26.7 Å². The number of amides is 1. The SMILES string of the molecule is Cc1cc(NC(=O)C2CCC(N)C2)n(Cc2ccccn2)n1. The van der Waals surface area contributed by atoms with Crippen molar-refractivity contribution < 1.29 is 4.79 Å². The van der Waals surface area contributed by atoms with Crippen LogP contribution in [-0.2, 0) is 11.3 Å². The van der Waals surface area contributed by atoms with E-state index in [0.29, 0.717) is 12.4 Å². The Balaban J connectivity index is 1.72. The van der Waals surface area contributed by atoms with Gasteiger partial charge in [0.2, 0.25) is 5.91 Å². The van der Waals surface area contributed by atoms with Crippen molar-refractivity contribution in [3.8, 4) is 0 Å². The number of carbonyl (C=O) groups is 1. The molecule has 0 bridgehead atoms. The lowest BCUT2D eigenvalue weighted by atomic mass is 10.1. The number of rotatable bonds is 4. The van der Waals surface area contributed by atoms with E-state index in [1.807, 2.05) is 31.2 Å². The molecule has 0 saturated heterocycles. The fourth-order valence-electron chi connectivity index (χ4n) is 2.89. The Hall–Kier alpha value is -2.21. The molecule has 1 aliphatic rings. The lowest BCUT2D eigenvalue weighted by Gasteiger charge is -2.12. The van der Waals surface area contributed by atoms with Crippen LogP contribution in [0.3, 0.4) is 0 Å². The second kappa shape index (κ2) is 6.27. The molecule has 1 saturated carbocycles. The Morgan fingerprint density at radius 3 is 3.00 bits per heavy atom. The molecule has 1 aliphatic carbocycles. The van der Waals surface area contributed by atoms with Crippen LogP contribution < -0.4 is 11.1 Å². The van der Waals surface area contributed by atoms with Crippen LogP contribution in [0.15, 0.2) is 30.5 Å². The summed E-state index contributed by atoms with van der Waals surface area (Å²) in [5, 5.41) is 7.43. The quantitative estimate of drug-likeness (QED) is 0.899. The number of nitrogens with one attached hydrogen (secondary N) is 1. The fourth-order valence-corrected chi connectivity index (χ4v) is 2.89. The summed E-state index contributed by atoms with van der Waals surface area (Å²) >= 11 is 0. The van der Waals surface area contributed by atoms with Crippen molar-refractivity contribution in [2.75, 3.05) is 5.32 Å². The molecular weight excluding hydrogens is 278 g/mol. The molecule has 2 aromatic heterocycles. The molecule has 2 aromatic rings. The average molecular weight is 299 g/mol. The average Bonchev–Trinajstić information content (AvgIpc) is 3.07. The number of aromatic nitrogens is 3. The highest BCUT2D eigenvalue weighted by molar-refractivity contribution is 5.92. The van der Waals surface area contributed by atoms with E-state index in [1.54, 1.807) is 10.9 Å². The topological polar surface area (TPSA) is 85.8 Å². The Bertz CT molecular complexity index is 652. The number of aryl methyl sites for hydroxylation is 1.